The van der Waals surface area contributed by atoms with Gasteiger partial charge in [-0.25, -0.2) is 17.8 Å². The first-order valence-corrected chi connectivity index (χ1v) is 11.7. The minimum absolute atomic E-state index is 0.00977. The number of ether oxygens (including phenoxy) is 1. The van der Waals surface area contributed by atoms with Crippen molar-refractivity contribution in [1.82, 2.24) is 4.98 Å². The third-order valence-corrected chi connectivity index (χ3v) is 7.35. The van der Waals surface area contributed by atoms with Gasteiger partial charge in [0, 0.05) is 12.6 Å². The Hall–Kier alpha value is -3.48. The van der Waals surface area contributed by atoms with E-state index >= 15 is 0 Å². The van der Waals surface area contributed by atoms with Gasteiger partial charge in [-0.05, 0) is 48.9 Å². The van der Waals surface area contributed by atoms with E-state index in [1.54, 1.807) is 6.92 Å². The van der Waals surface area contributed by atoms with Crippen LogP contribution in [0.1, 0.15) is 28.4 Å². The molecule has 1 aliphatic rings. The van der Waals surface area contributed by atoms with Crippen molar-refractivity contribution in [3.8, 4) is 11.9 Å². The largest absolute Gasteiger partial charge is 0.474 e. The molecule has 33 heavy (non-hydrogen) atoms. The molecule has 0 radical (unpaired) electrons. The van der Waals surface area contributed by atoms with Gasteiger partial charge in [-0.15, -0.1) is 0 Å². The molecule has 1 atom stereocenters. The lowest BCUT2D eigenvalue weighted by atomic mass is 10.0. The van der Waals surface area contributed by atoms with Gasteiger partial charge in [-0.3, -0.25) is 9.10 Å². The second-order valence-corrected chi connectivity index (χ2v) is 9.69. The maximum absolute atomic E-state index is 14.1. The summed E-state index contributed by atoms with van der Waals surface area (Å²) in [6.07, 6.45) is 1.13. The lowest BCUT2D eigenvalue weighted by molar-refractivity contribution is 0.0989. The highest BCUT2D eigenvalue weighted by Gasteiger charge is 2.36. The summed E-state index contributed by atoms with van der Waals surface area (Å²) in [5, 5.41) is 9.13. The highest BCUT2D eigenvalue weighted by molar-refractivity contribution is 7.92. The molecule has 0 aliphatic carbocycles. The van der Waals surface area contributed by atoms with Gasteiger partial charge in [0.15, 0.2) is 5.78 Å². The minimum Gasteiger partial charge on any atom is -0.474 e. The van der Waals surface area contributed by atoms with Crippen LogP contribution in [0, 0.1) is 17.1 Å². The Morgan fingerprint density at radius 2 is 2.06 bits per heavy atom. The van der Waals surface area contributed by atoms with Crippen LogP contribution in [0.15, 0.2) is 59.6 Å². The second kappa shape index (κ2) is 8.81. The van der Waals surface area contributed by atoms with Gasteiger partial charge in [-0.1, -0.05) is 23.7 Å². The molecule has 0 amide bonds. The van der Waals surface area contributed by atoms with Crippen molar-refractivity contribution in [3.05, 3.63) is 82.3 Å². The van der Waals surface area contributed by atoms with Crippen LogP contribution in [0.4, 0.5) is 10.1 Å². The molecule has 1 unspecified atom stereocenters. The molecule has 7 nitrogen and oxygen atoms in total. The number of fused-ring (bicyclic) bond motifs is 1. The van der Waals surface area contributed by atoms with E-state index in [9.17, 15) is 17.6 Å². The Morgan fingerprint density at radius 3 is 2.79 bits per heavy atom. The van der Waals surface area contributed by atoms with Crippen molar-refractivity contribution in [2.45, 2.75) is 24.3 Å². The first-order chi connectivity index (χ1) is 15.7. The maximum Gasteiger partial charge on any atom is 0.264 e. The fourth-order valence-corrected chi connectivity index (χ4v) is 5.54. The van der Waals surface area contributed by atoms with Gasteiger partial charge < -0.3 is 4.74 Å². The van der Waals surface area contributed by atoms with Crippen LogP contribution in [-0.2, 0) is 16.4 Å². The number of rotatable bonds is 5. The molecular weight excluding hydrogens is 469 g/mol. The van der Waals surface area contributed by atoms with Crippen molar-refractivity contribution in [1.29, 1.82) is 5.26 Å². The van der Waals surface area contributed by atoms with Gasteiger partial charge >= 0.3 is 0 Å². The zero-order valence-electron chi connectivity index (χ0n) is 17.3. The van der Waals surface area contributed by atoms with E-state index in [0.29, 0.717) is 5.56 Å². The van der Waals surface area contributed by atoms with Crippen LogP contribution >= 0.6 is 11.6 Å². The summed E-state index contributed by atoms with van der Waals surface area (Å²) in [6.45, 7) is 1.74. The Balaban J connectivity index is 1.74. The first kappa shape index (κ1) is 22.7. The normalized spacial score (nSPS) is 15.3. The number of hydrogen-bond acceptors (Lipinski definition) is 6. The monoisotopic (exact) mass is 485 g/mol. The van der Waals surface area contributed by atoms with Crippen molar-refractivity contribution >= 4 is 33.1 Å². The average Bonchev–Trinajstić information content (AvgIpc) is 2.78. The third-order valence-electron chi connectivity index (χ3n) is 5.11. The molecule has 10 heteroatoms. The standard InChI is InChI=1S/C23H17ClFN3O4S/c1-14-13-32-23-20(28(14)33(30,31)17-5-2-4-15(8-17)11-26)9-16(12-27-23)10-21(29)22-18(24)6-3-7-19(22)25/h2-9,12,14H,10,13H2,1H3. The fourth-order valence-electron chi connectivity index (χ4n) is 3.60. The van der Waals surface area contributed by atoms with Gasteiger partial charge in [0.05, 0.1) is 33.2 Å². The Kier molecular flexibility index (Phi) is 6.06. The molecule has 0 saturated carbocycles. The number of carbonyl (C=O) groups excluding carboxylic acids is 1. The van der Waals surface area contributed by atoms with Crippen LogP contribution in [0.5, 0.6) is 5.88 Å². The Morgan fingerprint density at radius 1 is 1.30 bits per heavy atom. The lowest BCUT2D eigenvalue weighted by Crippen LogP contribution is -2.45. The molecule has 0 spiro atoms. The highest BCUT2D eigenvalue weighted by Crippen LogP contribution is 2.37. The molecule has 0 bridgehead atoms. The van der Waals surface area contributed by atoms with Crippen LogP contribution in [0.25, 0.3) is 0 Å². The molecule has 3 aromatic rings. The summed E-state index contributed by atoms with van der Waals surface area (Å²) < 4.78 is 47.8. The van der Waals surface area contributed by atoms with Crippen LogP contribution in [-0.4, -0.2) is 31.8 Å². The molecule has 0 fully saturated rings. The third kappa shape index (κ3) is 4.27. The van der Waals surface area contributed by atoms with Gasteiger partial charge in [0.1, 0.15) is 18.1 Å². The predicted molar refractivity (Wildman–Crippen MR) is 119 cm³/mol. The topological polar surface area (TPSA) is 100 Å². The second-order valence-electron chi connectivity index (χ2n) is 7.46. The van der Waals surface area contributed by atoms with E-state index in [-0.39, 0.29) is 45.6 Å². The van der Waals surface area contributed by atoms with E-state index in [1.807, 2.05) is 6.07 Å². The van der Waals surface area contributed by atoms with Gasteiger partial charge in [0.25, 0.3) is 10.0 Å². The number of carbonyl (C=O) groups is 1. The summed E-state index contributed by atoms with van der Waals surface area (Å²) in [5.74, 6) is -1.22. The smallest absolute Gasteiger partial charge is 0.264 e. The van der Waals surface area contributed by atoms with Gasteiger partial charge in [-0.2, -0.15) is 5.26 Å². The number of halogens is 2. The Bertz CT molecular complexity index is 1380. The number of benzene rings is 2. The number of pyridine rings is 1. The summed E-state index contributed by atoms with van der Waals surface area (Å²) >= 11 is 5.99. The van der Waals surface area contributed by atoms with Crippen molar-refractivity contribution in [2.75, 3.05) is 10.9 Å². The number of nitrogens with zero attached hydrogens (tertiary/aromatic N) is 3. The zero-order valence-corrected chi connectivity index (χ0v) is 18.9. The van der Waals surface area contributed by atoms with Crippen molar-refractivity contribution in [2.24, 2.45) is 0 Å². The number of Topliss-reactive ketones (excluding diaryl/α,β-unsaturated/α-hetero) is 1. The van der Waals surface area contributed by atoms with Crippen LogP contribution in [0.2, 0.25) is 5.02 Å². The predicted octanol–water partition coefficient (Wildman–Crippen LogP) is 4.15. The van der Waals surface area contributed by atoms with E-state index in [1.165, 1.54) is 53.0 Å². The summed E-state index contributed by atoms with van der Waals surface area (Å²) in [6, 6.07) is 12.5. The summed E-state index contributed by atoms with van der Waals surface area (Å²) in [4.78, 5) is 16.8. The van der Waals surface area contributed by atoms with E-state index in [2.05, 4.69) is 4.98 Å². The summed E-state index contributed by atoms with van der Waals surface area (Å²) in [5.41, 5.74) is 0.485. The first-order valence-electron chi connectivity index (χ1n) is 9.86. The van der Waals surface area contributed by atoms with E-state index in [4.69, 9.17) is 21.6 Å². The van der Waals surface area contributed by atoms with Crippen molar-refractivity contribution < 1.29 is 22.3 Å². The Labute approximate surface area is 195 Å². The number of anilines is 1. The number of ketones is 1. The molecule has 168 valence electrons. The average molecular weight is 486 g/mol. The lowest BCUT2D eigenvalue weighted by Gasteiger charge is -2.35. The molecular formula is C23H17ClFN3O4S. The number of nitriles is 1. The quantitative estimate of drug-likeness (QED) is 0.503. The van der Waals surface area contributed by atoms with E-state index in [0.717, 1.165) is 6.07 Å². The highest BCUT2D eigenvalue weighted by atomic mass is 35.5. The fraction of sp³-hybridized carbons (Fsp3) is 0.174. The molecule has 4 rings (SSSR count). The number of sulfonamides is 1. The maximum atomic E-state index is 14.1. The molecule has 2 heterocycles. The molecule has 1 aromatic heterocycles. The van der Waals surface area contributed by atoms with Gasteiger partial charge in [0.2, 0.25) is 5.88 Å². The number of hydrogen-bond donors (Lipinski definition) is 0. The van der Waals surface area contributed by atoms with Crippen LogP contribution in [0.3, 0.4) is 0 Å². The van der Waals surface area contributed by atoms with Crippen LogP contribution < -0.4 is 9.04 Å². The molecule has 1 aliphatic heterocycles. The SMILES string of the molecule is CC1COc2ncc(CC(=O)c3c(F)cccc3Cl)cc2N1S(=O)(=O)c1cccc(C#N)c1. The number of aromatic nitrogens is 1. The van der Waals surface area contributed by atoms with E-state index < -0.39 is 27.7 Å². The molecule has 2 aromatic carbocycles. The van der Waals surface area contributed by atoms with Crippen molar-refractivity contribution in [3.63, 3.8) is 0 Å². The molecule has 0 N–H and O–H groups in total. The zero-order chi connectivity index (χ0) is 23.8. The minimum atomic E-state index is -4.07. The molecule has 0 saturated heterocycles. The summed E-state index contributed by atoms with van der Waals surface area (Å²) in [7, 11) is -4.07.